The molecule has 1 aromatic carbocycles. The minimum Gasteiger partial charge on any atom is -0.341 e. The molecule has 0 radical (unpaired) electrons. The molecular formula is C25H38N4O. The second kappa shape index (κ2) is 9.52. The van der Waals surface area contributed by atoms with Crippen LogP contribution in [0.4, 0.5) is 0 Å². The first kappa shape index (κ1) is 21.4. The van der Waals surface area contributed by atoms with Crippen molar-refractivity contribution in [1.29, 1.82) is 0 Å². The Bertz CT molecular complexity index is 759. The van der Waals surface area contributed by atoms with Gasteiger partial charge in [-0.05, 0) is 37.3 Å². The number of benzene rings is 1. The molecule has 3 unspecified atom stereocenters. The predicted octanol–water partition coefficient (Wildman–Crippen LogP) is 3.87. The van der Waals surface area contributed by atoms with Crippen LogP contribution in [0.1, 0.15) is 63.1 Å². The van der Waals surface area contributed by atoms with E-state index in [1.54, 1.807) is 0 Å². The van der Waals surface area contributed by atoms with E-state index in [4.69, 9.17) is 0 Å². The van der Waals surface area contributed by atoms with Crippen LogP contribution in [0.5, 0.6) is 0 Å². The molecule has 2 fully saturated rings. The Kier molecular flexibility index (Phi) is 6.79. The van der Waals surface area contributed by atoms with Crippen molar-refractivity contribution >= 4 is 5.91 Å². The molecule has 3 heterocycles. The Hall–Kier alpha value is -1.85. The molecule has 0 bridgehead atoms. The Morgan fingerprint density at radius 3 is 2.67 bits per heavy atom. The van der Waals surface area contributed by atoms with Gasteiger partial charge in [0, 0.05) is 31.9 Å². The van der Waals surface area contributed by atoms with E-state index in [0.717, 1.165) is 32.6 Å². The number of nitrogens with one attached hydrogen (secondary N) is 1. The number of carbonyl (C=O) groups is 1. The highest BCUT2D eigenvalue weighted by atomic mass is 16.2. The lowest BCUT2D eigenvalue weighted by Crippen LogP contribution is -2.56. The summed E-state index contributed by atoms with van der Waals surface area (Å²) in [5.74, 6) is 0.950. The quantitative estimate of drug-likeness (QED) is 0.693. The number of rotatable bonds is 7. The van der Waals surface area contributed by atoms with Gasteiger partial charge in [0.1, 0.15) is 0 Å². The monoisotopic (exact) mass is 410 g/mol. The van der Waals surface area contributed by atoms with Gasteiger partial charge in [-0.1, -0.05) is 62.9 Å². The molecule has 1 aromatic rings. The number of aryl methyl sites for hydroxylation is 1. The lowest BCUT2D eigenvalue weighted by atomic mass is 10.0. The van der Waals surface area contributed by atoms with Crippen LogP contribution in [-0.2, 0) is 4.79 Å². The van der Waals surface area contributed by atoms with Crippen LogP contribution in [-0.4, -0.2) is 59.5 Å². The Morgan fingerprint density at radius 2 is 1.97 bits per heavy atom. The van der Waals surface area contributed by atoms with Crippen molar-refractivity contribution in [3.8, 4) is 0 Å². The molecule has 164 valence electrons. The highest BCUT2D eigenvalue weighted by molar-refractivity contribution is 5.78. The lowest BCUT2D eigenvalue weighted by Gasteiger charge is -2.42. The van der Waals surface area contributed by atoms with E-state index in [9.17, 15) is 4.79 Å². The number of unbranched alkanes of at least 4 members (excludes halogenated alkanes) is 2. The molecule has 4 rings (SSSR count). The molecule has 1 amide bonds. The van der Waals surface area contributed by atoms with E-state index in [-0.39, 0.29) is 6.04 Å². The van der Waals surface area contributed by atoms with Crippen LogP contribution in [0, 0.1) is 12.8 Å². The summed E-state index contributed by atoms with van der Waals surface area (Å²) in [5.41, 5.74) is 7.69. The fourth-order valence-corrected chi connectivity index (χ4v) is 5.05. The first-order valence-electron chi connectivity index (χ1n) is 11.9. The minimum atomic E-state index is 0.226. The van der Waals surface area contributed by atoms with Crippen LogP contribution < -0.4 is 5.43 Å². The second-order valence-corrected chi connectivity index (χ2v) is 9.60. The fourth-order valence-electron chi connectivity index (χ4n) is 5.05. The molecule has 30 heavy (non-hydrogen) atoms. The normalized spacial score (nSPS) is 26.8. The molecule has 0 spiro atoms. The van der Waals surface area contributed by atoms with Gasteiger partial charge in [-0.3, -0.25) is 9.69 Å². The first-order valence-corrected chi connectivity index (χ1v) is 11.9. The van der Waals surface area contributed by atoms with Crippen molar-refractivity contribution < 1.29 is 4.79 Å². The topological polar surface area (TPSA) is 38.8 Å². The van der Waals surface area contributed by atoms with Crippen LogP contribution in [0.25, 0.3) is 0 Å². The van der Waals surface area contributed by atoms with Gasteiger partial charge in [0.2, 0.25) is 5.91 Å². The van der Waals surface area contributed by atoms with Gasteiger partial charge in [0.05, 0.1) is 18.6 Å². The first-order chi connectivity index (χ1) is 14.5. The van der Waals surface area contributed by atoms with E-state index in [1.807, 2.05) is 0 Å². The zero-order valence-electron chi connectivity index (χ0n) is 18.9. The third kappa shape index (κ3) is 4.89. The predicted molar refractivity (Wildman–Crippen MR) is 122 cm³/mol. The standard InChI is InChI=1S/C25H38N4O/c1-4-5-6-7-22-16-27(18-25(30)28-13-12-20(3)15-28)17-23-14-24(26-29(22)23)21-10-8-19(2)9-11-21/h8-11,14,20,22,24,26H,4-7,12-13,15-18H2,1-3H3. The molecule has 5 heteroatoms. The third-order valence-corrected chi connectivity index (χ3v) is 6.88. The highest BCUT2D eigenvalue weighted by Gasteiger charge is 2.36. The van der Waals surface area contributed by atoms with Crippen LogP contribution in [0.15, 0.2) is 36.0 Å². The van der Waals surface area contributed by atoms with E-state index in [0.29, 0.717) is 24.4 Å². The molecule has 0 saturated carbocycles. The van der Waals surface area contributed by atoms with E-state index in [1.165, 1.54) is 42.5 Å². The Balaban J connectivity index is 1.45. The number of amides is 1. The smallest absolute Gasteiger partial charge is 0.236 e. The second-order valence-electron chi connectivity index (χ2n) is 9.60. The number of hydrogen-bond acceptors (Lipinski definition) is 4. The molecule has 1 N–H and O–H groups in total. The number of carbonyl (C=O) groups excluding carboxylic acids is 1. The van der Waals surface area contributed by atoms with E-state index in [2.05, 4.69) is 71.3 Å². The van der Waals surface area contributed by atoms with Crippen LogP contribution >= 0.6 is 0 Å². The molecule has 2 saturated heterocycles. The van der Waals surface area contributed by atoms with Crippen molar-refractivity contribution in [3.05, 3.63) is 47.2 Å². The average Bonchev–Trinajstić information content (AvgIpc) is 3.35. The van der Waals surface area contributed by atoms with Crippen molar-refractivity contribution in [1.82, 2.24) is 20.2 Å². The maximum Gasteiger partial charge on any atom is 0.236 e. The maximum absolute atomic E-state index is 12.9. The van der Waals surface area contributed by atoms with E-state index < -0.39 is 0 Å². The summed E-state index contributed by atoms with van der Waals surface area (Å²) in [4.78, 5) is 17.3. The van der Waals surface area contributed by atoms with E-state index >= 15 is 0 Å². The number of fused-ring (bicyclic) bond motifs is 1. The maximum atomic E-state index is 12.9. The summed E-state index contributed by atoms with van der Waals surface area (Å²) in [6.07, 6.45) is 8.44. The molecule has 5 nitrogen and oxygen atoms in total. The number of hydrazine groups is 1. The molecule has 3 atom stereocenters. The average molecular weight is 411 g/mol. The summed E-state index contributed by atoms with van der Waals surface area (Å²) in [6, 6.07) is 9.48. The van der Waals surface area contributed by atoms with Gasteiger partial charge in [0.25, 0.3) is 0 Å². The highest BCUT2D eigenvalue weighted by Crippen LogP contribution is 2.31. The van der Waals surface area contributed by atoms with Gasteiger partial charge in [-0.15, -0.1) is 0 Å². The largest absolute Gasteiger partial charge is 0.341 e. The number of hydrogen-bond donors (Lipinski definition) is 1. The summed E-state index contributed by atoms with van der Waals surface area (Å²) in [6.45, 7) is 10.9. The number of nitrogens with zero attached hydrogens (tertiary/aromatic N) is 3. The van der Waals surface area contributed by atoms with Gasteiger partial charge in [-0.2, -0.15) is 0 Å². The fraction of sp³-hybridized carbons (Fsp3) is 0.640. The Morgan fingerprint density at radius 1 is 1.17 bits per heavy atom. The summed E-state index contributed by atoms with van der Waals surface area (Å²) in [5, 5.41) is 2.42. The summed E-state index contributed by atoms with van der Waals surface area (Å²) >= 11 is 0. The Labute approximate surface area is 182 Å². The minimum absolute atomic E-state index is 0.226. The zero-order chi connectivity index (χ0) is 21.1. The summed E-state index contributed by atoms with van der Waals surface area (Å²) in [7, 11) is 0. The summed E-state index contributed by atoms with van der Waals surface area (Å²) < 4.78 is 0. The van der Waals surface area contributed by atoms with Crippen molar-refractivity contribution in [3.63, 3.8) is 0 Å². The molecule has 0 aliphatic carbocycles. The molecule has 3 aliphatic heterocycles. The van der Waals surface area contributed by atoms with Crippen molar-refractivity contribution in [2.45, 2.75) is 65.0 Å². The molecule has 3 aliphatic rings. The number of likely N-dealkylation sites (tertiary alicyclic amines) is 1. The molecular weight excluding hydrogens is 372 g/mol. The zero-order valence-corrected chi connectivity index (χ0v) is 18.9. The van der Waals surface area contributed by atoms with Crippen LogP contribution in [0.3, 0.4) is 0 Å². The van der Waals surface area contributed by atoms with Gasteiger partial charge < -0.3 is 9.91 Å². The van der Waals surface area contributed by atoms with Crippen molar-refractivity contribution in [2.75, 3.05) is 32.7 Å². The molecule has 0 aromatic heterocycles. The van der Waals surface area contributed by atoms with Crippen molar-refractivity contribution in [2.24, 2.45) is 5.92 Å². The van der Waals surface area contributed by atoms with Gasteiger partial charge in [-0.25, -0.2) is 5.43 Å². The lowest BCUT2D eigenvalue weighted by molar-refractivity contribution is -0.132. The van der Waals surface area contributed by atoms with Crippen LogP contribution in [0.2, 0.25) is 0 Å². The van der Waals surface area contributed by atoms with Gasteiger partial charge >= 0.3 is 0 Å². The van der Waals surface area contributed by atoms with Gasteiger partial charge in [0.15, 0.2) is 0 Å². The SMILES string of the molecule is CCCCCC1CN(CC(=O)N2CCC(C)C2)CC2=CC(c3ccc(C)cc3)NN21. The number of piperazine rings is 1. The third-order valence-electron chi connectivity index (χ3n) is 6.88.